The predicted molar refractivity (Wildman–Crippen MR) is 105 cm³/mol. The molecular formula is C21H23FN2O5. The van der Waals surface area contributed by atoms with Crippen molar-refractivity contribution >= 4 is 17.6 Å². The van der Waals surface area contributed by atoms with E-state index in [1.807, 2.05) is 0 Å². The Bertz CT molecular complexity index is 885. The highest BCUT2D eigenvalue weighted by atomic mass is 19.1. The van der Waals surface area contributed by atoms with Gasteiger partial charge >= 0.3 is 5.97 Å². The SMILES string of the molecule is CC(C)OC(=O)CC(NC(=O)CCc1cccc(F)c1)c1ccccc1[N+](=O)[O-]. The molecule has 7 nitrogen and oxygen atoms in total. The summed E-state index contributed by atoms with van der Waals surface area (Å²) >= 11 is 0. The quantitative estimate of drug-likeness (QED) is 0.390. The number of hydrogen-bond donors (Lipinski definition) is 1. The maximum atomic E-state index is 13.3. The molecule has 8 heteroatoms. The third-order valence-corrected chi connectivity index (χ3v) is 4.11. The van der Waals surface area contributed by atoms with Crippen molar-refractivity contribution in [3.63, 3.8) is 0 Å². The highest BCUT2D eigenvalue weighted by Gasteiger charge is 2.26. The predicted octanol–water partition coefficient (Wildman–Crippen LogP) is 3.87. The monoisotopic (exact) mass is 402 g/mol. The van der Waals surface area contributed by atoms with Crippen LogP contribution in [0.15, 0.2) is 48.5 Å². The van der Waals surface area contributed by atoms with Crippen molar-refractivity contribution in [1.29, 1.82) is 0 Å². The number of aryl methyl sites for hydroxylation is 1. The molecule has 0 heterocycles. The number of esters is 1. The van der Waals surface area contributed by atoms with Crippen LogP contribution in [-0.4, -0.2) is 22.9 Å². The Morgan fingerprint density at radius 1 is 1.17 bits per heavy atom. The topological polar surface area (TPSA) is 98.5 Å². The molecule has 0 saturated carbocycles. The maximum Gasteiger partial charge on any atom is 0.308 e. The fraction of sp³-hybridized carbons (Fsp3) is 0.333. The van der Waals surface area contributed by atoms with Crippen molar-refractivity contribution in [1.82, 2.24) is 5.32 Å². The first-order valence-corrected chi connectivity index (χ1v) is 9.23. The lowest BCUT2D eigenvalue weighted by Gasteiger charge is -2.19. The van der Waals surface area contributed by atoms with Crippen LogP contribution in [0, 0.1) is 15.9 Å². The number of hydrogen-bond acceptors (Lipinski definition) is 5. The number of carbonyl (C=O) groups is 2. The molecule has 154 valence electrons. The number of benzene rings is 2. The van der Waals surface area contributed by atoms with Gasteiger partial charge < -0.3 is 10.1 Å². The number of para-hydroxylation sites is 1. The third-order valence-electron chi connectivity index (χ3n) is 4.11. The third kappa shape index (κ3) is 6.99. The van der Waals surface area contributed by atoms with Crippen molar-refractivity contribution in [3.05, 3.63) is 75.6 Å². The first-order chi connectivity index (χ1) is 13.8. The molecule has 1 N–H and O–H groups in total. The van der Waals surface area contributed by atoms with Crippen LogP contribution in [0.2, 0.25) is 0 Å². The lowest BCUT2D eigenvalue weighted by Crippen LogP contribution is -2.31. The molecule has 1 unspecified atom stereocenters. The molecule has 2 aromatic carbocycles. The summed E-state index contributed by atoms with van der Waals surface area (Å²) in [6, 6.07) is 10.9. The minimum Gasteiger partial charge on any atom is -0.463 e. The van der Waals surface area contributed by atoms with Crippen LogP contribution in [0.1, 0.15) is 43.9 Å². The van der Waals surface area contributed by atoms with E-state index in [1.165, 1.54) is 30.3 Å². The summed E-state index contributed by atoms with van der Waals surface area (Å²) in [5.41, 5.74) is 0.680. The van der Waals surface area contributed by atoms with Crippen molar-refractivity contribution in [2.75, 3.05) is 0 Å². The van der Waals surface area contributed by atoms with Crippen molar-refractivity contribution in [3.8, 4) is 0 Å². The fourth-order valence-electron chi connectivity index (χ4n) is 2.88. The van der Waals surface area contributed by atoms with Gasteiger partial charge in [0.05, 0.1) is 29.1 Å². The van der Waals surface area contributed by atoms with Crippen LogP contribution >= 0.6 is 0 Å². The van der Waals surface area contributed by atoms with Gasteiger partial charge in [0.25, 0.3) is 5.69 Å². The Labute approximate surface area is 168 Å². The minimum atomic E-state index is -0.914. The Kier molecular flexibility index (Phi) is 7.82. The Hall–Kier alpha value is -3.29. The van der Waals surface area contributed by atoms with Crippen LogP contribution in [0.3, 0.4) is 0 Å². The first kappa shape index (κ1) is 22.0. The maximum absolute atomic E-state index is 13.3. The summed E-state index contributed by atoms with van der Waals surface area (Å²) in [6.45, 7) is 3.38. The number of nitrogens with zero attached hydrogens (tertiary/aromatic N) is 1. The summed E-state index contributed by atoms with van der Waals surface area (Å²) in [4.78, 5) is 35.4. The second-order valence-electron chi connectivity index (χ2n) is 6.81. The molecule has 29 heavy (non-hydrogen) atoms. The largest absolute Gasteiger partial charge is 0.463 e. The summed E-state index contributed by atoms with van der Waals surface area (Å²) in [5, 5.41) is 14.0. The molecular weight excluding hydrogens is 379 g/mol. The highest BCUT2D eigenvalue weighted by molar-refractivity contribution is 5.78. The van der Waals surface area contributed by atoms with Crippen LogP contribution in [0.4, 0.5) is 10.1 Å². The number of amides is 1. The Morgan fingerprint density at radius 3 is 2.55 bits per heavy atom. The normalized spacial score (nSPS) is 11.7. The van der Waals surface area contributed by atoms with E-state index in [0.717, 1.165) is 0 Å². The smallest absolute Gasteiger partial charge is 0.308 e. The molecule has 0 aliphatic carbocycles. The van der Waals surface area contributed by atoms with E-state index in [9.17, 15) is 24.1 Å². The van der Waals surface area contributed by atoms with E-state index in [4.69, 9.17) is 4.74 Å². The average Bonchev–Trinajstić information content (AvgIpc) is 2.65. The van der Waals surface area contributed by atoms with E-state index in [1.54, 1.807) is 32.0 Å². The van der Waals surface area contributed by atoms with E-state index in [2.05, 4.69) is 5.32 Å². The molecule has 0 bridgehead atoms. The van der Waals surface area contributed by atoms with Gasteiger partial charge in [-0.2, -0.15) is 0 Å². The zero-order chi connectivity index (χ0) is 21.4. The second kappa shape index (κ2) is 10.3. The van der Waals surface area contributed by atoms with Gasteiger partial charge in [0.2, 0.25) is 5.91 Å². The number of rotatable bonds is 9. The Morgan fingerprint density at radius 2 is 1.90 bits per heavy atom. The van der Waals surface area contributed by atoms with Crippen LogP contribution in [0.5, 0.6) is 0 Å². The van der Waals surface area contributed by atoms with Crippen LogP contribution < -0.4 is 5.32 Å². The van der Waals surface area contributed by atoms with Gasteiger partial charge in [-0.1, -0.05) is 30.3 Å². The lowest BCUT2D eigenvalue weighted by atomic mass is 10.0. The minimum absolute atomic E-state index is 0.0415. The number of nitrogens with one attached hydrogen (secondary N) is 1. The van der Waals surface area contributed by atoms with E-state index >= 15 is 0 Å². The van der Waals surface area contributed by atoms with Gasteiger partial charge in [0.15, 0.2) is 0 Å². The molecule has 0 aliphatic heterocycles. The summed E-state index contributed by atoms with van der Waals surface area (Å²) in [7, 11) is 0. The van der Waals surface area contributed by atoms with Gasteiger partial charge in [-0.25, -0.2) is 4.39 Å². The molecule has 0 radical (unpaired) electrons. The van der Waals surface area contributed by atoms with Gasteiger partial charge in [0, 0.05) is 12.5 Å². The molecule has 0 aromatic heterocycles. The number of nitro groups is 1. The number of ether oxygens (including phenoxy) is 1. The van der Waals surface area contributed by atoms with E-state index in [0.29, 0.717) is 12.0 Å². The zero-order valence-electron chi connectivity index (χ0n) is 16.3. The summed E-state index contributed by atoms with van der Waals surface area (Å²) in [5.74, 6) is -1.37. The van der Waals surface area contributed by atoms with Gasteiger partial charge in [-0.15, -0.1) is 0 Å². The molecule has 0 saturated heterocycles. The summed E-state index contributed by atoms with van der Waals surface area (Å²) in [6.07, 6.45) is -0.254. The highest BCUT2D eigenvalue weighted by Crippen LogP contribution is 2.27. The van der Waals surface area contributed by atoms with E-state index in [-0.39, 0.29) is 30.2 Å². The first-order valence-electron chi connectivity index (χ1n) is 9.23. The van der Waals surface area contributed by atoms with Gasteiger partial charge in [-0.3, -0.25) is 19.7 Å². The number of halogens is 1. The molecule has 0 fully saturated rings. The van der Waals surface area contributed by atoms with Crippen molar-refractivity contribution in [2.45, 2.75) is 45.3 Å². The molecule has 2 aromatic rings. The molecule has 1 atom stereocenters. The van der Waals surface area contributed by atoms with Gasteiger partial charge in [0.1, 0.15) is 5.82 Å². The fourth-order valence-corrected chi connectivity index (χ4v) is 2.88. The van der Waals surface area contributed by atoms with Crippen molar-refractivity contribution in [2.24, 2.45) is 0 Å². The van der Waals surface area contributed by atoms with Gasteiger partial charge in [-0.05, 0) is 38.0 Å². The second-order valence-corrected chi connectivity index (χ2v) is 6.81. The number of nitro benzene ring substituents is 1. The average molecular weight is 402 g/mol. The number of carbonyl (C=O) groups excluding carboxylic acids is 2. The lowest BCUT2D eigenvalue weighted by molar-refractivity contribution is -0.385. The van der Waals surface area contributed by atoms with E-state index < -0.39 is 28.7 Å². The van der Waals surface area contributed by atoms with Crippen molar-refractivity contribution < 1.29 is 23.6 Å². The Balaban J connectivity index is 2.15. The molecule has 2 rings (SSSR count). The molecule has 0 aliphatic rings. The molecule has 1 amide bonds. The van der Waals surface area contributed by atoms with Crippen LogP contribution in [-0.2, 0) is 20.7 Å². The van der Waals surface area contributed by atoms with Crippen LogP contribution in [0.25, 0.3) is 0 Å². The summed E-state index contributed by atoms with van der Waals surface area (Å²) < 4.78 is 18.4. The molecule has 0 spiro atoms. The standard InChI is InChI=1S/C21H23FN2O5/c1-14(2)29-21(26)13-18(17-8-3-4-9-19(17)24(27)28)23-20(25)11-10-15-6-5-7-16(22)12-15/h3-9,12,14,18H,10-11,13H2,1-2H3,(H,23,25). The zero-order valence-corrected chi connectivity index (χ0v) is 16.3.